The molecule has 2 amide bonds. The van der Waals surface area contributed by atoms with Gasteiger partial charge in [0.05, 0.1) is 6.42 Å². The van der Waals surface area contributed by atoms with Crippen LogP contribution in [-0.2, 0) is 29.0 Å². The van der Waals surface area contributed by atoms with E-state index >= 15 is 0 Å². The van der Waals surface area contributed by atoms with Crippen molar-refractivity contribution in [2.75, 3.05) is 0 Å². The van der Waals surface area contributed by atoms with Crippen LogP contribution in [0.3, 0.4) is 0 Å². The largest absolute Gasteiger partial charge is 0.352 e. The van der Waals surface area contributed by atoms with Crippen molar-refractivity contribution in [1.29, 1.82) is 0 Å². The molecule has 3 aromatic carbocycles. The number of rotatable bonds is 9. The lowest BCUT2D eigenvalue weighted by Gasteiger charge is -2.32. The predicted octanol–water partition coefficient (Wildman–Crippen LogP) is 5.54. The summed E-state index contributed by atoms with van der Waals surface area (Å²) in [7, 11) is 0. The highest BCUT2D eigenvalue weighted by Crippen LogP contribution is 2.21. The van der Waals surface area contributed by atoms with E-state index in [4.69, 9.17) is 0 Å². The molecule has 0 unspecified atom stereocenters. The molecule has 0 aromatic heterocycles. The number of nitrogens with one attached hydrogen (secondary N) is 1. The molecule has 0 spiro atoms. The SMILES string of the molecule is Cc1ccc(CC(=O)N(Cc2ccccc2)[C@H](Cc2ccccc2)C(=O)NC2CCCC2)cc1C. The molecule has 4 nitrogen and oxygen atoms in total. The van der Waals surface area contributed by atoms with Crippen LogP contribution in [0.15, 0.2) is 78.9 Å². The number of hydrogen-bond acceptors (Lipinski definition) is 2. The molecule has 0 bridgehead atoms. The van der Waals surface area contributed by atoms with Gasteiger partial charge < -0.3 is 10.2 Å². The molecular weight excluding hydrogens is 432 g/mol. The van der Waals surface area contributed by atoms with E-state index in [0.29, 0.717) is 13.0 Å². The van der Waals surface area contributed by atoms with Crippen molar-refractivity contribution in [2.45, 2.75) is 71.0 Å². The third-order valence-corrected chi connectivity index (χ3v) is 7.10. The second-order valence-electron chi connectivity index (χ2n) is 9.80. The first kappa shape index (κ1) is 24.7. The summed E-state index contributed by atoms with van der Waals surface area (Å²) in [6, 6.07) is 25.8. The van der Waals surface area contributed by atoms with Crippen molar-refractivity contribution >= 4 is 11.8 Å². The highest BCUT2D eigenvalue weighted by atomic mass is 16.2. The fourth-order valence-electron chi connectivity index (χ4n) is 4.89. The Morgan fingerprint density at radius 1 is 0.829 bits per heavy atom. The van der Waals surface area contributed by atoms with Gasteiger partial charge in [0.25, 0.3) is 0 Å². The Morgan fingerprint density at radius 3 is 2.09 bits per heavy atom. The molecule has 1 aliphatic carbocycles. The summed E-state index contributed by atoms with van der Waals surface area (Å²) < 4.78 is 0. The molecule has 4 rings (SSSR count). The summed E-state index contributed by atoms with van der Waals surface area (Å²) in [6.07, 6.45) is 5.08. The quantitative estimate of drug-likeness (QED) is 0.448. The highest BCUT2D eigenvalue weighted by Gasteiger charge is 2.32. The van der Waals surface area contributed by atoms with Crippen molar-refractivity contribution in [1.82, 2.24) is 10.2 Å². The Hall–Kier alpha value is -3.40. The average molecular weight is 469 g/mol. The second kappa shape index (κ2) is 11.8. The number of carbonyl (C=O) groups excluding carboxylic acids is 2. The minimum atomic E-state index is -0.572. The molecule has 35 heavy (non-hydrogen) atoms. The van der Waals surface area contributed by atoms with E-state index < -0.39 is 6.04 Å². The minimum Gasteiger partial charge on any atom is -0.352 e. The summed E-state index contributed by atoms with van der Waals surface area (Å²) in [5, 5.41) is 3.27. The maximum atomic E-state index is 13.8. The lowest BCUT2D eigenvalue weighted by molar-refractivity contribution is -0.141. The van der Waals surface area contributed by atoms with Crippen LogP contribution in [0, 0.1) is 13.8 Å². The summed E-state index contributed by atoms with van der Waals surface area (Å²) >= 11 is 0. The first-order chi connectivity index (χ1) is 17.0. The van der Waals surface area contributed by atoms with Crippen LogP contribution in [0.25, 0.3) is 0 Å². The van der Waals surface area contributed by atoms with E-state index in [1.807, 2.05) is 66.7 Å². The van der Waals surface area contributed by atoms with Crippen molar-refractivity contribution in [3.63, 3.8) is 0 Å². The topological polar surface area (TPSA) is 49.4 Å². The fraction of sp³-hybridized carbons (Fsp3) is 0.355. The third-order valence-electron chi connectivity index (χ3n) is 7.10. The lowest BCUT2D eigenvalue weighted by atomic mass is 10.00. The van der Waals surface area contributed by atoms with Gasteiger partial charge in [0.15, 0.2) is 0 Å². The summed E-state index contributed by atoms with van der Waals surface area (Å²) in [4.78, 5) is 29.3. The molecule has 0 radical (unpaired) electrons. The van der Waals surface area contributed by atoms with E-state index in [1.54, 1.807) is 4.90 Å². The normalized spacial score (nSPS) is 14.5. The molecule has 1 N–H and O–H groups in total. The monoisotopic (exact) mass is 468 g/mol. The maximum absolute atomic E-state index is 13.8. The Balaban J connectivity index is 1.64. The molecule has 1 fully saturated rings. The Bertz CT molecular complexity index is 1120. The number of hydrogen-bond donors (Lipinski definition) is 1. The van der Waals surface area contributed by atoms with Crippen LogP contribution < -0.4 is 5.32 Å². The zero-order valence-corrected chi connectivity index (χ0v) is 20.9. The zero-order chi connectivity index (χ0) is 24.6. The molecule has 3 aromatic rings. The van der Waals surface area contributed by atoms with Gasteiger partial charge in [0.1, 0.15) is 6.04 Å². The molecule has 1 saturated carbocycles. The van der Waals surface area contributed by atoms with Crippen LogP contribution in [0.5, 0.6) is 0 Å². The van der Waals surface area contributed by atoms with Gasteiger partial charge in [-0.1, -0.05) is 91.7 Å². The molecule has 182 valence electrons. The molecular formula is C31H36N2O2. The van der Waals surface area contributed by atoms with E-state index in [2.05, 4.69) is 31.3 Å². The number of carbonyl (C=O) groups is 2. The van der Waals surface area contributed by atoms with Crippen LogP contribution in [-0.4, -0.2) is 28.8 Å². The fourth-order valence-corrected chi connectivity index (χ4v) is 4.89. The Kier molecular flexibility index (Phi) is 8.36. The molecule has 1 atom stereocenters. The number of benzene rings is 3. The summed E-state index contributed by atoms with van der Waals surface area (Å²) in [5.74, 6) is -0.0790. The third kappa shape index (κ3) is 6.82. The van der Waals surface area contributed by atoms with E-state index in [9.17, 15) is 9.59 Å². The minimum absolute atomic E-state index is 0.0281. The number of nitrogens with zero attached hydrogens (tertiary/aromatic N) is 1. The smallest absolute Gasteiger partial charge is 0.243 e. The Morgan fingerprint density at radius 2 is 1.46 bits per heavy atom. The van der Waals surface area contributed by atoms with Crippen molar-refractivity contribution in [3.8, 4) is 0 Å². The first-order valence-corrected chi connectivity index (χ1v) is 12.7. The maximum Gasteiger partial charge on any atom is 0.243 e. The molecule has 0 saturated heterocycles. The van der Waals surface area contributed by atoms with E-state index in [1.165, 1.54) is 11.1 Å². The molecule has 4 heteroatoms. The predicted molar refractivity (Wildman–Crippen MR) is 141 cm³/mol. The molecule has 0 aliphatic heterocycles. The van der Waals surface area contributed by atoms with Crippen LogP contribution in [0.4, 0.5) is 0 Å². The van der Waals surface area contributed by atoms with Gasteiger partial charge in [-0.25, -0.2) is 0 Å². The van der Waals surface area contributed by atoms with Crippen LogP contribution >= 0.6 is 0 Å². The van der Waals surface area contributed by atoms with Gasteiger partial charge in [0, 0.05) is 19.0 Å². The van der Waals surface area contributed by atoms with Gasteiger partial charge in [-0.3, -0.25) is 9.59 Å². The van der Waals surface area contributed by atoms with Gasteiger partial charge >= 0.3 is 0 Å². The Labute approximate surface area is 209 Å². The second-order valence-corrected chi connectivity index (χ2v) is 9.80. The van der Waals surface area contributed by atoms with Crippen molar-refractivity contribution in [2.24, 2.45) is 0 Å². The highest BCUT2D eigenvalue weighted by molar-refractivity contribution is 5.89. The zero-order valence-electron chi connectivity index (χ0n) is 20.9. The van der Waals surface area contributed by atoms with Gasteiger partial charge in [0.2, 0.25) is 11.8 Å². The number of aryl methyl sites for hydroxylation is 2. The number of amides is 2. The van der Waals surface area contributed by atoms with E-state index in [-0.39, 0.29) is 24.3 Å². The average Bonchev–Trinajstić information content (AvgIpc) is 3.38. The van der Waals surface area contributed by atoms with Gasteiger partial charge in [-0.2, -0.15) is 0 Å². The summed E-state index contributed by atoms with van der Waals surface area (Å²) in [6.45, 7) is 4.55. The standard InChI is InChI=1S/C31H36N2O2/c1-23-17-18-27(19-24(23)2)21-30(34)33(22-26-13-7-4-8-14-26)29(20-25-11-5-3-6-12-25)31(35)32-28-15-9-10-16-28/h3-8,11-14,17-19,28-29H,9-10,15-16,20-22H2,1-2H3,(H,32,35)/t29-/m1/s1. The van der Waals surface area contributed by atoms with Gasteiger partial charge in [-0.05, 0) is 54.5 Å². The summed E-state index contributed by atoms with van der Waals surface area (Å²) in [5.41, 5.74) is 5.43. The molecule has 0 heterocycles. The van der Waals surface area contributed by atoms with Crippen molar-refractivity contribution < 1.29 is 9.59 Å². The van der Waals surface area contributed by atoms with Crippen molar-refractivity contribution in [3.05, 3.63) is 107 Å². The molecule has 1 aliphatic rings. The lowest BCUT2D eigenvalue weighted by Crippen LogP contribution is -2.52. The van der Waals surface area contributed by atoms with Gasteiger partial charge in [-0.15, -0.1) is 0 Å². The van der Waals surface area contributed by atoms with Crippen LogP contribution in [0.1, 0.15) is 53.5 Å². The van der Waals surface area contributed by atoms with E-state index in [0.717, 1.165) is 42.4 Å². The van der Waals surface area contributed by atoms with Crippen LogP contribution in [0.2, 0.25) is 0 Å². The first-order valence-electron chi connectivity index (χ1n) is 12.7.